The van der Waals surface area contributed by atoms with Gasteiger partial charge in [-0.2, -0.15) is 0 Å². The summed E-state index contributed by atoms with van der Waals surface area (Å²) in [7, 11) is 0. The quantitative estimate of drug-likeness (QED) is 0.756. The van der Waals surface area contributed by atoms with Gasteiger partial charge in [0, 0.05) is 23.3 Å². The molecule has 1 unspecified atom stereocenters. The van der Waals surface area contributed by atoms with Crippen LogP contribution >= 0.6 is 11.3 Å². The largest absolute Gasteiger partial charge is 0.313 e. The van der Waals surface area contributed by atoms with Gasteiger partial charge >= 0.3 is 0 Å². The molecule has 2 nitrogen and oxygen atoms in total. The van der Waals surface area contributed by atoms with Crippen molar-refractivity contribution >= 4 is 11.3 Å². The maximum Gasteiger partial charge on any atom is 0.0944 e. The van der Waals surface area contributed by atoms with Crippen LogP contribution in [0.5, 0.6) is 0 Å². The van der Waals surface area contributed by atoms with E-state index in [2.05, 4.69) is 45.0 Å². The molecule has 3 heteroatoms. The van der Waals surface area contributed by atoms with Gasteiger partial charge in [0.2, 0.25) is 0 Å². The van der Waals surface area contributed by atoms with Gasteiger partial charge in [-0.1, -0.05) is 33.8 Å². The maximum atomic E-state index is 4.76. The van der Waals surface area contributed by atoms with Crippen molar-refractivity contribution in [1.82, 2.24) is 10.3 Å². The number of aromatic nitrogens is 1. The van der Waals surface area contributed by atoms with Crippen molar-refractivity contribution < 1.29 is 0 Å². The predicted octanol–water partition coefficient (Wildman–Crippen LogP) is 3.93. The number of nitrogens with one attached hydrogen (secondary N) is 1. The first-order chi connectivity index (χ1) is 8.47. The van der Waals surface area contributed by atoms with Gasteiger partial charge in [0.25, 0.3) is 0 Å². The lowest BCUT2D eigenvalue weighted by molar-refractivity contribution is 0.508. The van der Waals surface area contributed by atoms with Crippen LogP contribution in [0.1, 0.15) is 51.2 Å². The van der Waals surface area contributed by atoms with E-state index in [0.29, 0.717) is 6.04 Å². The van der Waals surface area contributed by atoms with E-state index in [4.69, 9.17) is 4.98 Å². The first-order valence-electron chi connectivity index (χ1n) is 6.76. The lowest BCUT2D eigenvalue weighted by atomic mass is 9.93. The van der Waals surface area contributed by atoms with Gasteiger partial charge in [-0.05, 0) is 19.4 Å². The summed E-state index contributed by atoms with van der Waals surface area (Å²) in [5.41, 5.74) is 1.36. The summed E-state index contributed by atoms with van der Waals surface area (Å²) in [5, 5.41) is 6.99. The van der Waals surface area contributed by atoms with E-state index in [-0.39, 0.29) is 5.41 Å². The molecule has 1 N–H and O–H groups in total. The van der Waals surface area contributed by atoms with E-state index in [1.807, 2.05) is 6.08 Å². The lowest BCUT2D eigenvalue weighted by Gasteiger charge is -2.16. The monoisotopic (exact) mass is 266 g/mol. The van der Waals surface area contributed by atoms with Gasteiger partial charge in [0.15, 0.2) is 0 Å². The summed E-state index contributed by atoms with van der Waals surface area (Å²) < 4.78 is 0. The third kappa shape index (κ3) is 4.91. The van der Waals surface area contributed by atoms with E-state index < -0.39 is 0 Å². The molecule has 1 aromatic rings. The zero-order valence-electron chi connectivity index (χ0n) is 12.1. The Balaban J connectivity index is 2.63. The molecule has 102 valence electrons. The molecule has 0 aromatic carbocycles. The fraction of sp³-hybridized carbons (Fsp3) is 0.667. The summed E-state index contributed by atoms with van der Waals surface area (Å²) in [6.45, 7) is 13.7. The number of hydrogen-bond acceptors (Lipinski definition) is 3. The summed E-state index contributed by atoms with van der Waals surface area (Å²) in [4.78, 5) is 4.76. The van der Waals surface area contributed by atoms with E-state index >= 15 is 0 Å². The molecule has 18 heavy (non-hydrogen) atoms. The molecule has 0 bridgehead atoms. The van der Waals surface area contributed by atoms with Crippen molar-refractivity contribution in [3.05, 3.63) is 28.7 Å². The van der Waals surface area contributed by atoms with Gasteiger partial charge in [0.1, 0.15) is 0 Å². The van der Waals surface area contributed by atoms with Crippen molar-refractivity contribution in [2.24, 2.45) is 0 Å². The van der Waals surface area contributed by atoms with E-state index in [9.17, 15) is 0 Å². The third-order valence-corrected chi connectivity index (χ3v) is 3.75. The summed E-state index contributed by atoms with van der Waals surface area (Å²) in [5.74, 6) is 0. The van der Waals surface area contributed by atoms with E-state index in [0.717, 1.165) is 19.4 Å². The fourth-order valence-electron chi connectivity index (χ4n) is 1.75. The Morgan fingerprint density at radius 3 is 2.72 bits per heavy atom. The Bertz CT molecular complexity index is 363. The molecule has 1 heterocycles. The molecule has 1 rings (SSSR count). The van der Waals surface area contributed by atoms with Gasteiger partial charge in [0.05, 0.1) is 10.7 Å². The van der Waals surface area contributed by atoms with Crippen molar-refractivity contribution in [2.45, 2.75) is 58.4 Å². The minimum absolute atomic E-state index is 0.152. The normalized spacial score (nSPS) is 13.6. The fourth-order valence-corrected chi connectivity index (χ4v) is 2.85. The van der Waals surface area contributed by atoms with Crippen LogP contribution in [0.4, 0.5) is 0 Å². The van der Waals surface area contributed by atoms with Crippen LogP contribution in [0.15, 0.2) is 18.0 Å². The molecule has 0 aliphatic carbocycles. The summed E-state index contributed by atoms with van der Waals surface area (Å²) in [6.07, 6.45) is 5.17. The Kier molecular flexibility index (Phi) is 6.03. The summed E-state index contributed by atoms with van der Waals surface area (Å²) >= 11 is 1.78. The summed E-state index contributed by atoms with van der Waals surface area (Å²) in [6, 6.07) is 0.474. The first-order valence-corrected chi connectivity index (χ1v) is 7.64. The second-order valence-electron chi connectivity index (χ2n) is 5.76. The predicted molar refractivity (Wildman–Crippen MR) is 81.4 cm³/mol. The molecule has 0 radical (unpaired) electrons. The highest BCUT2D eigenvalue weighted by Gasteiger charge is 2.18. The molecule has 0 aliphatic heterocycles. The van der Waals surface area contributed by atoms with Gasteiger partial charge in [-0.3, -0.25) is 0 Å². The van der Waals surface area contributed by atoms with Crippen molar-refractivity contribution in [3.8, 4) is 0 Å². The van der Waals surface area contributed by atoms with E-state index in [1.165, 1.54) is 17.1 Å². The van der Waals surface area contributed by atoms with Crippen LogP contribution in [0, 0.1) is 0 Å². The molecular weight excluding hydrogens is 240 g/mol. The Morgan fingerprint density at radius 2 is 2.22 bits per heavy atom. The highest BCUT2D eigenvalue weighted by Crippen LogP contribution is 2.24. The Labute approximate surface area is 116 Å². The molecule has 1 atom stereocenters. The van der Waals surface area contributed by atoms with Crippen LogP contribution in [0.25, 0.3) is 0 Å². The van der Waals surface area contributed by atoms with Gasteiger partial charge in [-0.15, -0.1) is 17.9 Å². The molecule has 0 saturated heterocycles. The highest BCUT2D eigenvalue weighted by molar-refractivity contribution is 7.09. The van der Waals surface area contributed by atoms with Crippen LogP contribution < -0.4 is 5.32 Å². The van der Waals surface area contributed by atoms with E-state index in [1.54, 1.807) is 11.3 Å². The molecule has 0 saturated carbocycles. The van der Waals surface area contributed by atoms with Crippen LogP contribution in [0.3, 0.4) is 0 Å². The van der Waals surface area contributed by atoms with Crippen molar-refractivity contribution in [2.75, 3.05) is 6.54 Å². The van der Waals surface area contributed by atoms with Crippen molar-refractivity contribution in [3.63, 3.8) is 0 Å². The number of hydrogen-bond donors (Lipinski definition) is 1. The number of thiazole rings is 1. The molecule has 1 aromatic heterocycles. The topological polar surface area (TPSA) is 24.9 Å². The standard InChI is InChI=1S/C15H26N2S/c1-6-8-12(16-9-7-2)10-14-17-13(11-18-14)15(3,4)5/h6,11-12,16H,1,7-10H2,2-5H3. The smallest absolute Gasteiger partial charge is 0.0944 e. The highest BCUT2D eigenvalue weighted by atomic mass is 32.1. The number of nitrogens with zero attached hydrogens (tertiary/aromatic N) is 1. The SMILES string of the molecule is C=CCC(Cc1nc(C(C)(C)C)cs1)NCCC. The number of rotatable bonds is 7. The minimum atomic E-state index is 0.152. The van der Waals surface area contributed by atoms with Gasteiger partial charge in [-0.25, -0.2) is 4.98 Å². The molecule has 0 amide bonds. The molecule has 0 spiro atoms. The lowest BCUT2D eigenvalue weighted by Crippen LogP contribution is -2.31. The van der Waals surface area contributed by atoms with Gasteiger partial charge < -0.3 is 5.32 Å². The minimum Gasteiger partial charge on any atom is -0.313 e. The second-order valence-corrected chi connectivity index (χ2v) is 6.70. The van der Waals surface area contributed by atoms with Crippen LogP contribution in [-0.4, -0.2) is 17.6 Å². The van der Waals surface area contributed by atoms with Crippen LogP contribution in [-0.2, 0) is 11.8 Å². The maximum absolute atomic E-state index is 4.76. The van der Waals surface area contributed by atoms with Crippen LogP contribution in [0.2, 0.25) is 0 Å². The zero-order chi connectivity index (χ0) is 13.6. The molecule has 0 aliphatic rings. The Hall–Kier alpha value is -0.670. The Morgan fingerprint density at radius 1 is 1.50 bits per heavy atom. The first kappa shape index (κ1) is 15.4. The van der Waals surface area contributed by atoms with Crippen molar-refractivity contribution in [1.29, 1.82) is 0 Å². The zero-order valence-corrected chi connectivity index (χ0v) is 12.9. The average molecular weight is 266 g/mol. The molecule has 0 fully saturated rings. The second kappa shape index (κ2) is 7.05. The average Bonchev–Trinajstić information content (AvgIpc) is 2.74. The third-order valence-electron chi connectivity index (χ3n) is 2.88. The molecular formula is C15H26N2S.